The zero-order valence-corrected chi connectivity index (χ0v) is 13.0. The molecule has 4 nitrogen and oxygen atoms in total. The van der Waals surface area contributed by atoms with Crippen molar-refractivity contribution < 1.29 is 4.79 Å². The highest BCUT2D eigenvalue weighted by molar-refractivity contribution is 9.10. The lowest BCUT2D eigenvalue weighted by atomic mass is 9.98. The van der Waals surface area contributed by atoms with Crippen molar-refractivity contribution in [1.82, 2.24) is 9.88 Å². The van der Waals surface area contributed by atoms with Crippen molar-refractivity contribution in [1.29, 1.82) is 0 Å². The summed E-state index contributed by atoms with van der Waals surface area (Å²) < 4.78 is 0.982. The van der Waals surface area contributed by atoms with Gasteiger partial charge >= 0.3 is 0 Å². The Bertz CT molecular complexity index is 455. The van der Waals surface area contributed by atoms with Gasteiger partial charge in [-0.05, 0) is 28.1 Å². The molecule has 0 radical (unpaired) electrons. The molecule has 0 aliphatic carbocycles. The van der Waals surface area contributed by atoms with Gasteiger partial charge in [-0.1, -0.05) is 0 Å². The zero-order valence-electron chi connectivity index (χ0n) is 10.6. The largest absolute Gasteiger partial charge is 0.355 e. The highest BCUT2D eigenvalue weighted by Gasteiger charge is 2.36. The first kappa shape index (κ1) is 13.2. The number of amides is 1. The molecule has 3 heterocycles. The number of thioether (sulfide) groups is 1. The van der Waals surface area contributed by atoms with E-state index in [0.717, 1.165) is 48.0 Å². The van der Waals surface area contributed by atoms with E-state index in [0.29, 0.717) is 5.91 Å². The molecule has 1 aromatic heterocycles. The summed E-state index contributed by atoms with van der Waals surface area (Å²) in [6, 6.07) is 3.97. The molecule has 2 aliphatic rings. The highest BCUT2D eigenvalue weighted by Crippen LogP contribution is 2.25. The van der Waals surface area contributed by atoms with Crippen LogP contribution < -0.4 is 4.90 Å². The average Bonchev–Trinajstić information content (AvgIpc) is 2.40. The van der Waals surface area contributed by atoms with Crippen LogP contribution in [-0.2, 0) is 4.79 Å². The number of nitrogens with zero attached hydrogens (tertiary/aromatic N) is 3. The summed E-state index contributed by atoms with van der Waals surface area (Å²) in [6.07, 6.45) is 1.80. The van der Waals surface area contributed by atoms with Crippen LogP contribution in [0.2, 0.25) is 0 Å². The van der Waals surface area contributed by atoms with Gasteiger partial charge in [0.15, 0.2) is 0 Å². The smallest absolute Gasteiger partial charge is 0.229 e. The molecule has 1 aromatic rings. The van der Waals surface area contributed by atoms with Crippen LogP contribution in [0.4, 0.5) is 5.82 Å². The molecule has 0 atom stereocenters. The number of carbonyl (C=O) groups excluding carboxylic acids is 1. The summed E-state index contributed by atoms with van der Waals surface area (Å²) in [7, 11) is 0. The Balaban J connectivity index is 1.54. The first-order valence-corrected chi connectivity index (χ1v) is 8.42. The first-order valence-electron chi connectivity index (χ1n) is 6.47. The Morgan fingerprint density at radius 1 is 1.32 bits per heavy atom. The fourth-order valence-electron chi connectivity index (χ4n) is 2.42. The number of pyridine rings is 1. The van der Waals surface area contributed by atoms with Crippen LogP contribution in [0.5, 0.6) is 0 Å². The molecular weight excluding hydrogens is 326 g/mol. The number of halogens is 1. The van der Waals surface area contributed by atoms with Gasteiger partial charge in [0.05, 0.1) is 5.92 Å². The maximum atomic E-state index is 12.3. The molecule has 0 saturated carbocycles. The van der Waals surface area contributed by atoms with Crippen LogP contribution in [0, 0.1) is 5.92 Å². The number of anilines is 1. The lowest BCUT2D eigenvalue weighted by Gasteiger charge is -2.42. The van der Waals surface area contributed by atoms with E-state index in [4.69, 9.17) is 0 Å². The number of hydrogen-bond acceptors (Lipinski definition) is 4. The van der Waals surface area contributed by atoms with Crippen LogP contribution >= 0.6 is 27.7 Å². The van der Waals surface area contributed by atoms with E-state index in [9.17, 15) is 4.79 Å². The Labute approximate surface area is 125 Å². The van der Waals surface area contributed by atoms with Gasteiger partial charge in [0.25, 0.3) is 0 Å². The lowest BCUT2D eigenvalue weighted by Crippen LogP contribution is -2.56. The minimum Gasteiger partial charge on any atom is -0.355 e. The molecule has 0 bridgehead atoms. The van der Waals surface area contributed by atoms with Crippen LogP contribution in [0.3, 0.4) is 0 Å². The van der Waals surface area contributed by atoms with E-state index in [1.54, 1.807) is 6.20 Å². The molecule has 19 heavy (non-hydrogen) atoms. The molecule has 2 fully saturated rings. The van der Waals surface area contributed by atoms with Crippen LogP contribution in [0.25, 0.3) is 0 Å². The average molecular weight is 342 g/mol. The molecule has 3 rings (SSSR count). The van der Waals surface area contributed by atoms with Gasteiger partial charge in [0.2, 0.25) is 5.91 Å². The van der Waals surface area contributed by atoms with Crippen molar-refractivity contribution in [3.63, 3.8) is 0 Å². The molecule has 2 aliphatic heterocycles. The third kappa shape index (κ3) is 2.89. The summed E-state index contributed by atoms with van der Waals surface area (Å²) >= 11 is 5.31. The molecule has 1 amide bonds. The topological polar surface area (TPSA) is 36.4 Å². The molecule has 0 aromatic carbocycles. The van der Waals surface area contributed by atoms with Crippen LogP contribution in [0.15, 0.2) is 22.8 Å². The second-order valence-electron chi connectivity index (χ2n) is 4.87. The second kappa shape index (κ2) is 5.71. The summed E-state index contributed by atoms with van der Waals surface area (Å²) in [6.45, 7) is 3.43. The fraction of sp³-hybridized carbons (Fsp3) is 0.538. The quantitative estimate of drug-likeness (QED) is 0.822. The molecule has 102 valence electrons. The monoisotopic (exact) mass is 341 g/mol. The van der Waals surface area contributed by atoms with E-state index in [1.165, 1.54) is 0 Å². The third-order valence-electron chi connectivity index (χ3n) is 3.59. The van der Waals surface area contributed by atoms with Gasteiger partial charge in [0.1, 0.15) is 5.82 Å². The molecule has 0 spiro atoms. The maximum Gasteiger partial charge on any atom is 0.229 e. The lowest BCUT2D eigenvalue weighted by molar-refractivity contribution is -0.135. The Morgan fingerprint density at radius 3 is 2.68 bits per heavy atom. The van der Waals surface area contributed by atoms with E-state index >= 15 is 0 Å². The van der Waals surface area contributed by atoms with Crippen molar-refractivity contribution in [2.75, 3.05) is 42.6 Å². The number of hydrogen-bond donors (Lipinski definition) is 0. The van der Waals surface area contributed by atoms with Gasteiger partial charge in [0, 0.05) is 48.4 Å². The molecule has 0 unspecified atom stereocenters. The molecular formula is C13H16BrN3OS. The van der Waals surface area contributed by atoms with E-state index in [-0.39, 0.29) is 5.92 Å². The Hall–Kier alpha value is -0.750. The van der Waals surface area contributed by atoms with Gasteiger partial charge in [-0.2, -0.15) is 11.8 Å². The van der Waals surface area contributed by atoms with E-state index in [1.807, 2.05) is 28.8 Å². The van der Waals surface area contributed by atoms with Gasteiger partial charge in [-0.25, -0.2) is 4.98 Å². The minimum atomic E-state index is 0.161. The number of rotatable bonds is 2. The predicted octanol–water partition coefficient (Wildman–Crippen LogP) is 1.86. The van der Waals surface area contributed by atoms with Crippen molar-refractivity contribution >= 4 is 39.4 Å². The van der Waals surface area contributed by atoms with Crippen molar-refractivity contribution in [3.8, 4) is 0 Å². The Kier molecular flexibility index (Phi) is 3.98. The number of aromatic nitrogens is 1. The third-order valence-corrected chi connectivity index (χ3v) is 5.00. The predicted molar refractivity (Wildman–Crippen MR) is 81.5 cm³/mol. The van der Waals surface area contributed by atoms with Crippen LogP contribution in [0.1, 0.15) is 0 Å². The second-order valence-corrected chi connectivity index (χ2v) is 7.01. The SMILES string of the molecule is O=C(C1CN(c2ccc(Br)cn2)C1)N1CCSCC1. The molecule has 0 N–H and O–H groups in total. The van der Waals surface area contributed by atoms with Gasteiger partial charge in [-0.15, -0.1) is 0 Å². The maximum absolute atomic E-state index is 12.3. The Morgan fingerprint density at radius 2 is 2.05 bits per heavy atom. The summed E-state index contributed by atoms with van der Waals surface area (Å²) in [5, 5.41) is 0. The van der Waals surface area contributed by atoms with Crippen LogP contribution in [-0.4, -0.2) is 53.5 Å². The van der Waals surface area contributed by atoms with Crippen molar-refractivity contribution in [2.45, 2.75) is 0 Å². The first-order chi connectivity index (χ1) is 9.24. The van der Waals surface area contributed by atoms with Gasteiger partial charge in [-0.3, -0.25) is 4.79 Å². The van der Waals surface area contributed by atoms with E-state index in [2.05, 4.69) is 25.8 Å². The molecule has 2 saturated heterocycles. The number of carbonyl (C=O) groups is 1. The summed E-state index contributed by atoms with van der Waals surface area (Å²) in [5.74, 6) is 3.61. The van der Waals surface area contributed by atoms with Crippen molar-refractivity contribution in [2.24, 2.45) is 5.92 Å². The minimum absolute atomic E-state index is 0.161. The standard InChI is InChI=1S/C13H16BrN3OS/c14-11-1-2-12(15-7-11)17-8-10(9-17)13(18)16-3-5-19-6-4-16/h1-2,7,10H,3-6,8-9H2. The fourth-order valence-corrected chi connectivity index (χ4v) is 3.56. The highest BCUT2D eigenvalue weighted by atomic mass is 79.9. The molecule has 6 heteroatoms. The van der Waals surface area contributed by atoms with Crippen molar-refractivity contribution in [3.05, 3.63) is 22.8 Å². The van der Waals surface area contributed by atoms with Gasteiger partial charge < -0.3 is 9.80 Å². The normalized spacial score (nSPS) is 20.3. The zero-order chi connectivity index (χ0) is 13.2. The van der Waals surface area contributed by atoms with E-state index < -0.39 is 0 Å². The summed E-state index contributed by atoms with van der Waals surface area (Å²) in [4.78, 5) is 20.8. The summed E-state index contributed by atoms with van der Waals surface area (Å²) in [5.41, 5.74) is 0.